The van der Waals surface area contributed by atoms with Crippen LogP contribution in [0.25, 0.3) is 0 Å². The van der Waals surface area contributed by atoms with E-state index in [0.29, 0.717) is 11.4 Å². The Kier molecular flexibility index (Phi) is 4.07. The predicted octanol–water partition coefficient (Wildman–Crippen LogP) is 1.25. The number of nitrogens with zero attached hydrogens (tertiary/aromatic N) is 3. The number of anilines is 1. The van der Waals surface area contributed by atoms with Gasteiger partial charge in [-0.15, -0.1) is 0 Å². The lowest BCUT2D eigenvalue weighted by molar-refractivity contribution is 0.100. The van der Waals surface area contributed by atoms with E-state index < -0.39 is 5.91 Å². The first-order valence-corrected chi connectivity index (χ1v) is 6.03. The third-order valence-electron chi connectivity index (χ3n) is 2.90. The molecule has 0 bridgehead atoms. The number of aromatic nitrogens is 2. The molecule has 2 aromatic heterocycles. The maximum Gasteiger partial charge on any atom is 0.252 e. The fraction of sp³-hybridized carbons (Fsp3) is 0.214. The summed E-state index contributed by atoms with van der Waals surface area (Å²) in [4.78, 5) is 21.5. The molecule has 0 radical (unpaired) electrons. The van der Waals surface area contributed by atoms with Gasteiger partial charge in [-0.25, -0.2) is 4.98 Å². The highest BCUT2D eigenvalue weighted by molar-refractivity contribution is 5.97. The Labute approximate surface area is 112 Å². The van der Waals surface area contributed by atoms with Crippen molar-refractivity contribution < 1.29 is 4.79 Å². The van der Waals surface area contributed by atoms with Crippen LogP contribution in [0, 0.1) is 0 Å². The first kappa shape index (κ1) is 13.0. The van der Waals surface area contributed by atoms with E-state index in [1.807, 2.05) is 24.1 Å². The quantitative estimate of drug-likeness (QED) is 0.874. The number of pyridine rings is 2. The Morgan fingerprint density at radius 1 is 1.26 bits per heavy atom. The number of rotatable bonds is 5. The molecular weight excluding hydrogens is 240 g/mol. The second-order valence-corrected chi connectivity index (χ2v) is 4.27. The van der Waals surface area contributed by atoms with Gasteiger partial charge in [0.1, 0.15) is 5.82 Å². The lowest BCUT2D eigenvalue weighted by Gasteiger charge is -2.19. The molecule has 0 fully saturated rings. The highest BCUT2D eigenvalue weighted by Gasteiger charge is 2.12. The summed E-state index contributed by atoms with van der Waals surface area (Å²) in [5, 5.41) is 0. The van der Waals surface area contributed by atoms with E-state index in [2.05, 4.69) is 9.97 Å². The molecule has 1 amide bonds. The zero-order valence-electron chi connectivity index (χ0n) is 10.8. The summed E-state index contributed by atoms with van der Waals surface area (Å²) in [6, 6.07) is 7.34. The molecule has 0 saturated carbocycles. The van der Waals surface area contributed by atoms with Gasteiger partial charge in [-0.1, -0.05) is 0 Å². The maximum atomic E-state index is 11.3. The van der Waals surface area contributed by atoms with Gasteiger partial charge in [-0.05, 0) is 36.2 Å². The van der Waals surface area contributed by atoms with Gasteiger partial charge in [-0.3, -0.25) is 9.78 Å². The average Bonchev–Trinajstić information content (AvgIpc) is 2.46. The van der Waals surface area contributed by atoms with E-state index in [1.54, 1.807) is 30.7 Å². The van der Waals surface area contributed by atoms with Gasteiger partial charge in [-0.2, -0.15) is 0 Å². The van der Waals surface area contributed by atoms with Crippen LogP contribution < -0.4 is 10.6 Å². The Balaban J connectivity index is 2.08. The number of nitrogens with two attached hydrogens (primary N) is 1. The zero-order valence-corrected chi connectivity index (χ0v) is 10.8. The van der Waals surface area contributed by atoms with Crippen molar-refractivity contribution in [1.82, 2.24) is 9.97 Å². The number of carbonyl (C=O) groups excluding carboxylic acids is 1. The summed E-state index contributed by atoms with van der Waals surface area (Å²) in [6.45, 7) is 0.751. The highest BCUT2D eigenvalue weighted by atomic mass is 16.1. The minimum absolute atomic E-state index is 0.444. The number of likely N-dealkylation sites (N-methyl/N-ethyl adjacent to an activating group) is 1. The van der Waals surface area contributed by atoms with Gasteiger partial charge in [0.2, 0.25) is 0 Å². The van der Waals surface area contributed by atoms with Crippen LogP contribution in [0.2, 0.25) is 0 Å². The van der Waals surface area contributed by atoms with Crippen molar-refractivity contribution in [2.75, 3.05) is 18.5 Å². The van der Waals surface area contributed by atoms with E-state index in [4.69, 9.17) is 5.73 Å². The van der Waals surface area contributed by atoms with Crippen LogP contribution in [-0.2, 0) is 6.42 Å². The molecule has 2 heterocycles. The largest absolute Gasteiger partial charge is 0.365 e. The van der Waals surface area contributed by atoms with Crippen LogP contribution in [-0.4, -0.2) is 29.5 Å². The molecular formula is C14H16N4O. The Morgan fingerprint density at radius 3 is 2.68 bits per heavy atom. The fourth-order valence-electron chi connectivity index (χ4n) is 1.85. The van der Waals surface area contributed by atoms with Crippen molar-refractivity contribution in [1.29, 1.82) is 0 Å². The van der Waals surface area contributed by atoms with Gasteiger partial charge in [0.25, 0.3) is 5.91 Å². The molecule has 2 aromatic rings. The lowest BCUT2D eigenvalue weighted by atomic mass is 10.2. The molecule has 0 spiro atoms. The zero-order chi connectivity index (χ0) is 13.7. The molecule has 0 aromatic carbocycles. The third kappa shape index (κ3) is 3.28. The number of hydrogen-bond acceptors (Lipinski definition) is 4. The van der Waals surface area contributed by atoms with Crippen LogP contribution in [0.15, 0.2) is 42.9 Å². The highest BCUT2D eigenvalue weighted by Crippen LogP contribution is 2.15. The van der Waals surface area contributed by atoms with Crippen molar-refractivity contribution in [2.24, 2.45) is 5.73 Å². The summed E-state index contributed by atoms with van der Waals surface area (Å²) >= 11 is 0. The monoisotopic (exact) mass is 256 g/mol. The molecule has 5 nitrogen and oxygen atoms in total. The molecule has 2 N–H and O–H groups in total. The molecule has 19 heavy (non-hydrogen) atoms. The van der Waals surface area contributed by atoms with Gasteiger partial charge >= 0.3 is 0 Å². The van der Waals surface area contributed by atoms with Crippen LogP contribution in [0.4, 0.5) is 5.82 Å². The van der Waals surface area contributed by atoms with E-state index in [0.717, 1.165) is 13.0 Å². The molecule has 98 valence electrons. The standard InChI is InChI=1S/C14H16N4O/c1-18(10-6-11-4-8-16-9-5-11)14-12(13(15)19)3-2-7-17-14/h2-5,7-9H,6,10H2,1H3,(H2,15,19). The Morgan fingerprint density at radius 2 is 2.00 bits per heavy atom. The van der Waals surface area contributed by atoms with Crippen LogP contribution in [0.3, 0.4) is 0 Å². The van der Waals surface area contributed by atoms with E-state index in [-0.39, 0.29) is 0 Å². The second kappa shape index (κ2) is 5.95. The molecule has 0 aliphatic rings. The number of carbonyl (C=O) groups is 1. The van der Waals surface area contributed by atoms with Crippen LogP contribution >= 0.6 is 0 Å². The topological polar surface area (TPSA) is 72.1 Å². The van der Waals surface area contributed by atoms with E-state index in [1.165, 1.54) is 5.56 Å². The molecule has 0 atom stereocenters. The van der Waals surface area contributed by atoms with Crippen molar-refractivity contribution >= 4 is 11.7 Å². The minimum Gasteiger partial charge on any atom is -0.365 e. The van der Waals surface area contributed by atoms with Gasteiger partial charge in [0.15, 0.2) is 0 Å². The first-order chi connectivity index (χ1) is 9.18. The predicted molar refractivity (Wildman–Crippen MR) is 74.0 cm³/mol. The van der Waals surface area contributed by atoms with Crippen LogP contribution in [0.1, 0.15) is 15.9 Å². The summed E-state index contributed by atoms with van der Waals surface area (Å²) in [5.41, 5.74) is 6.98. The third-order valence-corrected chi connectivity index (χ3v) is 2.90. The normalized spacial score (nSPS) is 10.2. The number of hydrogen-bond donors (Lipinski definition) is 1. The summed E-state index contributed by atoms with van der Waals surface area (Å²) in [5.74, 6) is 0.155. The molecule has 0 saturated heterocycles. The number of primary amides is 1. The molecule has 5 heteroatoms. The minimum atomic E-state index is -0.459. The van der Waals surface area contributed by atoms with Crippen molar-refractivity contribution in [2.45, 2.75) is 6.42 Å². The van der Waals surface area contributed by atoms with Crippen molar-refractivity contribution in [3.8, 4) is 0 Å². The molecule has 0 aliphatic carbocycles. The van der Waals surface area contributed by atoms with Crippen molar-refractivity contribution in [3.63, 3.8) is 0 Å². The average molecular weight is 256 g/mol. The Hall–Kier alpha value is -2.43. The van der Waals surface area contributed by atoms with E-state index in [9.17, 15) is 4.79 Å². The molecule has 0 aliphatic heterocycles. The van der Waals surface area contributed by atoms with Crippen LogP contribution in [0.5, 0.6) is 0 Å². The van der Waals surface area contributed by atoms with Gasteiger partial charge in [0, 0.05) is 32.2 Å². The maximum absolute atomic E-state index is 11.3. The number of amides is 1. The smallest absolute Gasteiger partial charge is 0.252 e. The first-order valence-electron chi connectivity index (χ1n) is 6.03. The Bertz CT molecular complexity index is 556. The SMILES string of the molecule is CN(CCc1ccncc1)c1ncccc1C(N)=O. The van der Waals surface area contributed by atoms with Crippen molar-refractivity contribution in [3.05, 3.63) is 54.0 Å². The fourth-order valence-corrected chi connectivity index (χ4v) is 1.85. The summed E-state index contributed by atoms with van der Waals surface area (Å²) in [7, 11) is 1.90. The summed E-state index contributed by atoms with van der Waals surface area (Å²) < 4.78 is 0. The molecule has 2 rings (SSSR count). The second-order valence-electron chi connectivity index (χ2n) is 4.27. The van der Waals surface area contributed by atoms with E-state index >= 15 is 0 Å². The summed E-state index contributed by atoms with van der Waals surface area (Å²) in [6.07, 6.45) is 6.05. The van der Waals surface area contributed by atoms with Gasteiger partial charge in [0.05, 0.1) is 5.56 Å². The lowest BCUT2D eigenvalue weighted by Crippen LogP contribution is -2.25. The van der Waals surface area contributed by atoms with Gasteiger partial charge < -0.3 is 10.6 Å². The molecule has 0 unspecified atom stereocenters.